The summed E-state index contributed by atoms with van der Waals surface area (Å²) < 4.78 is 5.37. The van der Waals surface area contributed by atoms with Crippen molar-refractivity contribution in [2.45, 2.75) is 25.2 Å². The maximum atomic E-state index is 12.0. The quantitative estimate of drug-likeness (QED) is 0.144. The van der Waals surface area contributed by atoms with Crippen LogP contribution < -0.4 is 16.0 Å². The van der Waals surface area contributed by atoms with E-state index in [2.05, 4.69) is 33.1 Å². The highest BCUT2D eigenvalue weighted by atomic mass is 127. The van der Waals surface area contributed by atoms with E-state index in [-0.39, 0.29) is 29.9 Å². The van der Waals surface area contributed by atoms with Gasteiger partial charge in [-0.05, 0) is 38.1 Å². The van der Waals surface area contributed by atoms with Crippen LogP contribution in [0.4, 0.5) is 0 Å². The molecule has 0 saturated heterocycles. The molecule has 6 nitrogen and oxygen atoms in total. The Morgan fingerprint density at radius 3 is 2.48 bits per heavy atom. The molecule has 160 valence electrons. The first kappa shape index (κ1) is 25.4. The van der Waals surface area contributed by atoms with E-state index in [0.717, 1.165) is 24.5 Å². The molecule has 2 rings (SSSR count). The fraction of sp³-hybridized carbons (Fsp3) is 0.429. The van der Waals surface area contributed by atoms with Gasteiger partial charge in [-0.15, -0.1) is 35.7 Å². The number of nitrogens with one attached hydrogen (secondary N) is 3. The van der Waals surface area contributed by atoms with Crippen LogP contribution in [0.5, 0.6) is 0 Å². The van der Waals surface area contributed by atoms with Crippen molar-refractivity contribution in [2.75, 3.05) is 32.4 Å². The summed E-state index contributed by atoms with van der Waals surface area (Å²) in [6, 6.07) is 14.1. The van der Waals surface area contributed by atoms with Crippen LogP contribution in [0.1, 0.15) is 19.6 Å². The molecule has 3 N–H and O–H groups in total. The van der Waals surface area contributed by atoms with Gasteiger partial charge in [-0.3, -0.25) is 9.79 Å². The van der Waals surface area contributed by atoms with Gasteiger partial charge in [0.05, 0.1) is 18.2 Å². The third kappa shape index (κ3) is 9.58. The van der Waals surface area contributed by atoms with Crippen molar-refractivity contribution in [3.8, 4) is 0 Å². The SMILES string of the molecule is CNC(=O)C(C)(C)CN=C(NCCSc1ccccc1)NCCc1ccco1.I. The van der Waals surface area contributed by atoms with Crippen molar-refractivity contribution < 1.29 is 9.21 Å². The number of aliphatic imine (C=N–C) groups is 1. The van der Waals surface area contributed by atoms with Crippen LogP contribution in [-0.2, 0) is 11.2 Å². The number of furan rings is 1. The largest absolute Gasteiger partial charge is 0.469 e. The Balaban J connectivity index is 0.00000420. The van der Waals surface area contributed by atoms with Gasteiger partial charge in [-0.25, -0.2) is 0 Å². The molecule has 0 aliphatic rings. The summed E-state index contributed by atoms with van der Waals surface area (Å²) in [6.45, 7) is 5.65. The van der Waals surface area contributed by atoms with Crippen LogP contribution in [-0.4, -0.2) is 44.3 Å². The van der Waals surface area contributed by atoms with Gasteiger partial charge in [0, 0.05) is 37.2 Å². The van der Waals surface area contributed by atoms with Gasteiger partial charge in [0.15, 0.2) is 5.96 Å². The van der Waals surface area contributed by atoms with Crippen molar-refractivity contribution in [3.05, 3.63) is 54.5 Å². The smallest absolute Gasteiger partial charge is 0.227 e. The zero-order valence-electron chi connectivity index (χ0n) is 17.2. The highest BCUT2D eigenvalue weighted by Crippen LogP contribution is 2.16. The van der Waals surface area contributed by atoms with Crippen LogP contribution in [0.2, 0.25) is 0 Å². The lowest BCUT2D eigenvalue weighted by Gasteiger charge is -2.21. The molecular formula is C21H31IN4O2S. The number of amides is 1. The number of halogens is 1. The number of carbonyl (C=O) groups is 1. The lowest BCUT2D eigenvalue weighted by Crippen LogP contribution is -2.42. The number of hydrogen-bond acceptors (Lipinski definition) is 4. The fourth-order valence-corrected chi connectivity index (χ4v) is 3.26. The Bertz CT molecular complexity index is 736. The fourth-order valence-electron chi connectivity index (χ4n) is 2.48. The first-order chi connectivity index (χ1) is 13.5. The third-order valence-electron chi connectivity index (χ3n) is 4.12. The standard InChI is InChI=1S/C21H30N4O2S.HI/c1-21(2,19(26)22-3)16-25-20(23-12-11-17-8-7-14-27-17)24-13-15-28-18-9-5-4-6-10-18;/h4-10,14H,11-13,15-16H2,1-3H3,(H,22,26)(H2,23,24,25);1H. The molecule has 1 aromatic carbocycles. The molecule has 2 aromatic rings. The van der Waals surface area contributed by atoms with Gasteiger partial charge in [0.2, 0.25) is 5.91 Å². The van der Waals surface area contributed by atoms with Crippen LogP contribution >= 0.6 is 35.7 Å². The predicted octanol–water partition coefficient (Wildman–Crippen LogP) is 3.54. The molecule has 0 saturated carbocycles. The van der Waals surface area contributed by atoms with E-state index in [0.29, 0.717) is 19.0 Å². The molecule has 0 unspecified atom stereocenters. The molecule has 0 radical (unpaired) electrons. The molecule has 29 heavy (non-hydrogen) atoms. The Morgan fingerprint density at radius 2 is 1.83 bits per heavy atom. The molecular weight excluding hydrogens is 499 g/mol. The number of guanidine groups is 1. The second kappa shape index (κ2) is 13.5. The zero-order valence-corrected chi connectivity index (χ0v) is 20.4. The van der Waals surface area contributed by atoms with Gasteiger partial charge in [-0.1, -0.05) is 18.2 Å². The minimum absolute atomic E-state index is 0. The highest BCUT2D eigenvalue weighted by Gasteiger charge is 2.26. The minimum atomic E-state index is -0.566. The summed E-state index contributed by atoms with van der Waals surface area (Å²) in [5.41, 5.74) is -0.566. The Labute approximate surface area is 194 Å². The van der Waals surface area contributed by atoms with Crippen molar-refractivity contribution >= 4 is 47.6 Å². The van der Waals surface area contributed by atoms with Crippen LogP contribution in [0.15, 0.2) is 63.0 Å². The normalized spacial score (nSPS) is 11.5. The van der Waals surface area contributed by atoms with Crippen LogP contribution in [0, 0.1) is 5.41 Å². The Hall–Kier alpha value is -1.68. The molecule has 0 spiro atoms. The first-order valence-corrected chi connectivity index (χ1v) is 10.4. The lowest BCUT2D eigenvalue weighted by molar-refractivity contribution is -0.128. The molecule has 1 amide bonds. The molecule has 0 atom stereocenters. The zero-order chi connectivity index (χ0) is 20.2. The monoisotopic (exact) mass is 530 g/mol. The number of benzene rings is 1. The average Bonchev–Trinajstić information content (AvgIpc) is 3.22. The second-order valence-electron chi connectivity index (χ2n) is 6.97. The van der Waals surface area contributed by atoms with E-state index in [4.69, 9.17) is 4.42 Å². The number of rotatable bonds is 10. The van der Waals surface area contributed by atoms with E-state index < -0.39 is 5.41 Å². The molecule has 0 bridgehead atoms. The van der Waals surface area contributed by atoms with E-state index in [1.807, 2.05) is 44.2 Å². The highest BCUT2D eigenvalue weighted by molar-refractivity contribution is 14.0. The topological polar surface area (TPSA) is 78.7 Å². The molecule has 1 aromatic heterocycles. The minimum Gasteiger partial charge on any atom is -0.469 e. The first-order valence-electron chi connectivity index (χ1n) is 9.46. The second-order valence-corrected chi connectivity index (χ2v) is 8.14. The summed E-state index contributed by atoms with van der Waals surface area (Å²) in [5, 5.41) is 9.38. The van der Waals surface area contributed by atoms with Crippen molar-refractivity contribution in [1.29, 1.82) is 0 Å². The maximum Gasteiger partial charge on any atom is 0.227 e. The summed E-state index contributed by atoms with van der Waals surface area (Å²) >= 11 is 1.79. The van der Waals surface area contributed by atoms with Gasteiger partial charge in [0.25, 0.3) is 0 Å². The number of carbonyl (C=O) groups excluding carboxylic acids is 1. The number of nitrogens with zero attached hydrogens (tertiary/aromatic N) is 1. The Kier molecular flexibility index (Phi) is 11.8. The molecule has 1 heterocycles. The van der Waals surface area contributed by atoms with Crippen molar-refractivity contribution in [1.82, 2.24) is 16.0 Å². The molecule has 8 heteroatoms. The van der Waals surface area contributed by atoms with Crippen molar-refractivity contribution in [3.63, 3.8) is 0 Å². The molecule has 0 aliphatic heterocycles. The number of thioether (sulfide) groups is 1. The summed E-state index contributed by atoms with van der Waals surface area (Å²) in [5.74, 6) is 2.53. The average molecular weight is 530 g/mol. The molecule has 0 fully saturated rings. The van der Waals surface area contributed by atoms with Gasteiger partial charge >= 0.3 is 0 Å². The number of hydrogen-bond donors (Lipinski definition) is 3. The van der Waals surface area contributed by atoms with Gasteiger partial charge < -0.3 is 20.4 Å². The third-order valence-corrected chi connectivity index (χ3v) is 5.14. The van der Waals surface area contributed by atoms with Gasteiger partial charge in [0.1, 0.15) is 5.76 Å². The summed E-state index contributed by atoms with van der Waals surface area (Å²) in [4.78, 5) is 17.9. The van der Waals surface area contributed by atoms with E-state index in [1.165, 1.54) is 4.90 Å². The van der Waals surface area contributed by atoms with Gasteiger partial charge in [-0.2, -0.15) is 0 Å². The molecule has 0 aliphatic carbocycles. The van der Waals surface area contributed by atoms with Crippen LogP contribution in [0.25, 0.3) is 0 Å². The van der Waals surface area contributed by atoms with E-state index in [9.17, 15) is 4.79 Å². The summed E-state index contributed by atoms with van der Waals surface area (Å²) in [7, 11) is 1.65. The van der Waals surface area contributed by atoms with Crippen LogP contribution in [0.3, 0.4) is 0 Å². The lowest BCUT2D eigenvalue weighted by atomic mass is 9.93. The van der Waals surface area contributed by atoms with E-state index >= 15 is 0 Å². The predicted molar refractivity (Wildman–Crippen MR) is 131 cm³/mol. The van der Waals surface area contributed by atoms with E-state index in [1.54, 1.807) is 25.1 Å². The van der Waals surface area contributed by atoms with Crippen molar-refractivity contribution in [2.24, 2.45) is 10.4 Å². The maximum absolute atomic E-state index is 12.0. The Morgan fingerprint density at radius 1 is 1.10 bits per heavy atom. The summed E-state index contributed by atoms with van der Waals surface area (Å²) in [6.07, 6.45) is 2.45.